The quantitative estimate of drug-likeness (QED) is 0.757. The van der Waals surface area contributed by atoms with E-state index in [1.54, 1.807) is 0 Å². The minimum Gasteiger partial charge on any atom is -0.466 e. The highest BCUT2D eigenvalue weighted by Gasteiger charge is 2.15. The maximum atomic E-state index is 5.61. The van der Waals surface area contributed by atoms with Gasteiger partial charge in [-0.3, -0.25) is 0 Å². The molecule has 1 heterocycles. The van der Waals surface area contributed by atoms with Gasteiger partial charge in [0.25, 0.3) is 0 Å². The average Bonchev–Trinajstić information content (AvgIpc) is 2.63. The van der Waals surface area contributed by atoms with Crippen molar-refractivity contribution in [3.8, 4) is 11.8 Å². The topological polar surface area (TPSA) is 25.2 Å². The first-order valence-electron chi connectivity index (χ1n) is 6.39. The van der Waals surface area contributed by atoms with Gasteiger partial charge < -0.3 is 9.73 Å². The molecular weight excluding hydrogens is 210 g/mol. The van der Waals surface area contributed by atoms with E-state index in [2.05, 4.69) is 30.1 Å². The number of hydrogen-bond acceptors (Lipinski definition) is 2. The Bertz CT molecular complexity index is 395. The Morgan fingerprint density at radius 2 is 2.18 bits per heavy atom. The standard InChI is InChI=1S/C15H23NO/c1-5-7-8-9-15(16-10-6-2)14-11-12(3)17-13(14)4/h11,15-16H,6,8-10H2,1-4H3. The Kier molecular flexibility index (Phi) is 5.86. The second-order valence-electron chi connectivity index (χ2n) is 4.34. The number of rotatable bonds is 6. The first-order chi connectivity index (χ1) is 8.19. The zero-order chi connectivity index (χ0) is 12.7. The normalized spacial score (nSPS) is 12.0. The predicted octanol–water partition coefficient (Wildman–Crippen LogP) is 3.74. The number of hydrogen-bond donors (Lipinski definition) is 1. The van der Waals surface area contributed by atoms with Crippen molar-refractivity contribution in [1.29, 1.82) is 0 Å². The van der Waals surface area contributed by atoms with Crippen molar-refractivity contribution in [3.05, 3.63) is 23.2 Å². The molecule has 94 valence electrons. The molecule has 1 atom stereocenters. The Morgan fingerprint density at radius 3 is 2.71 bits per heavy atom. The molecule has 0 aliphatic rings. The van der Waals surface area contributed by atoms with E-state index in [0.29, 0.717) is 6.04 Å². The van der Waals surface area contributed by atoms with Gasteiger partial charge in [-0.05, 0) is 46.2 Å². The minimum atomic E-state index is 0.369. The maximum absolute atomic E-state index is 5.61. The smallest absolute Gasteiger partial charge is 0.105 e. The van der Waals surface area contributed by atoms with E-state index in [9.17, 15) is 0 Å². The largest absolute Gasteiger partial charge is 0.466 e. The second-order valence-corrected chi connectivity index (χ2v) is 4.34. The van der Waals surface area contributed by atoms with Gasteiger partial charge in [0, 0.05) is 18.0 Å². The fraction of sp³-hybridized carbons (Fsp3) is 0.600. The Morgan fingerprint density at radius 1 is 1.41 bits per heavy atom. The van der Waals surface area contributed by atoms with Crippen molar-refractivity contribution in [3.63, 3.8) is 0 Å². The van der Waals surface area contributed by atoms with Crippen LogP contribution in [0.25, 0.3) is 0 Å². The lowest BCUT2D eigenvalue weighted by atomic mass is 10.0. The van der Waals surface area contributed by atoms with Crippen LogP contribution in [0.1, 0.15) is 56.2 Å². The minimum absolute atomic E-state index is 0.369. The highest BCUT2D eigenvalue weighted by atomic mass is 16.3. The molecule has 0 saturated carbocycles. The van der Waals surface area contributed by atoms with Crippen molar-refractivity contribution in [2.75, 3.05) is 6.54 Å². The van der Waals surface area contributed by atoms with Gasteiger partial charge in [-0.1, -0.05) is 6.92 Å². The summed E-state index contributed by atoms with van der Waals surface area (Å²) in [6.45, 7) is 9.15. The third-order valence-electron chi connectivity index (χ3n) is 2.83. The third kappa shape index (κ3) is 4.28. The summed E-state index contributed by atoms with van der Waals surface area (Å²) in [7, 11) is 0. The van der Waals surface area contributed by atoms with Gasteiger partial charge in [0.2, 0.25) is 0 Å². The summed E-state index contributed by atoms with van der Waals surface area (Å²) in [6, 6.07) is 2.51. The van der Waals surface area contributed by atoms with Gasteiger partial charge in [0.05, 0.1) is 0 Å². The summed E-state index contributed by atoms with van der Waals surface area (Å²) in [5.74, 6) is 8.10. The van der Waals surface area contributed by atoms with Gasteiger partial charge >= 0.3 is 0 Å². The summed E-state index contributed by atoms with van der Waals surface area (Å²) in [6.07, 6.45) is 3.12. The molecule has 2 heteroatoms. The average molecular weight is 233 g/mol. The van der Waals surface area contributed by atoms with Crippen molar-refractivity contribution < 1.29 is 4.42 Å². The van der Waals surface area contributed by atoms with Crippen molar-refractivity contribution in [2.24, 2.45) is 0 Å². The van der Waals surface area contributed by atoms with E-state index in [4.69, 9.17) is 4.42 Å². The highest BCUT2D eigenvalue weighted by Crippen LogP contribution is 2.25. The Balaban J connectivity index is 2.72. The van der Waals surface area contributed by atoms with E-state index in [0.717, 1.165) is 37.3 Å². The molecule has 0 radical (unpaired) electrons. The van der Waals surface area contributed by atoms with E-state index >= 15 is 0 Å². The fourth-order valence-electron chi connectivity index (χ4n) is 2.02. The van der Waals surface area contributed by atoms with Gasteiger partial charge in [0.15, 0.2) is 0 Å². The van der Waals surface area contributed by atoms with Crippen molar-refractivity contribution in [1.82, 2.24) is 5.32 Å². The fourth-order valence-corrected chi connectivity index (χ4v) is 2.02. The molecule has 1 rings (SSSR count). The van der Waals surface area contributed by atoms with E-state index < -0.39 is 0 Å². The summed E-state index contributed by atoms with van der Waals surface area (Å²) in [5.41, 5.74) is 1.29. The molecule has 1 unspecified atom stereocenters. The van der Waals surface area contributed by atoms with Crippen LogP contribution in [0, 0.1) is 25.7 Å². The lowest BCUT2D eigenvalue weighted by Gasteiger charge is -2.16. The summed E-state index contributed by atoms with van der Waals surface area (Å²) in [4.78, 5) is 0. The molecule has 0 saturated heterocycles. The molecule has 0 bridgehead atoms. The lowest BCUT2D eigenvalue weighted by molar-refractivity contribution is 0.471. The van der Waals surface area contributed by atoms with Crippen LogP contribution in [-0.2, 0) is 0 Å². The van der Waals surface area contributed by atoms with Crippen LogP contribution in [0.15, 0.2) is 10.5 Å². The Labute approximate surface area is 105 Å². The number of furan rings is 1. The highest BCUT2D eigenvalue weighted by molar-refractivity contribution is 5.24. The van der Waals surface area contributed by atoms with Crippen LogP contribution in [0.3, 0.4) is 0 Å². The molecule has 0 aromatic carbocycles. The summed E-state index contributed by atoms with van der Waals surface area (Å²) < 4.78 is 5.61. The van der Waals surface area contributed by atoms with Crippen LogP contribution < -0.4 is 5.32 Å². The predicted molar refractivity (Wildman–Crippen MR) is 71.9 cm³/mol. The Hall–Kier alpha value is -1.20. The third-order valence-corrected chi connectivity index (χ3v) is 2.83. The number of nitrogens with one attached hydrogen (secondary N) is 1. The first-order valence-corrected chi connectivity index (χ1v) is 6.39. The zero-order valence-corrected chi connectivity index (χ0v) is 11.4. The first kappa shape index (κ1) is 13.9. The zero-order valence-electron chi connectivity index (χ0n) is 11.4. The van der Waals surface area contributed by atoms with Gasteiger partial charge in [-0.15, -0.1) is 11.8 Å². The molecule has 2 nitrogen and oxygen atoms in total. The van der Waals surface area contributed by atoms with Crippen molar-refractivity contribution >= 4 is 0 Å². The van der Waals surface area contributed by atoms with Gasteiger partial charge in [-0.25, -0.2) is 0 Å². The molecule has 0 aliphatic heterocycles. The molecule has 0 amide bonds. The molecule has 1 N–H and O–H groups in total. The molecule has 1 aromatic heterocycles. The van der Waals surface area contributed by atoms with E-state index in [1.807, 2.05) is 20.8 Å². The number of aryl methyl sites for hydroxylation is 2. The van der Waals surface area contributed by atoms with Crippen LogP contribution in [-0.4, -0.2) is 6.54 Å². The molecule has 17 heavy (non-hydrogen) atoms. The maximum Gasteiger partial charge on any atom is 0.105 e. The van der Waals surface area contributed by atoms with Crippen molar-refractivity contribution in [2.45, 2.75) is 53.0 Å². The summed E-state index contributed by atoms with van der Waals surface area (Å²) in [5, 5.41) is 3.57. The monoisotopic (exact) mass is 233 g/mol. The van der Waals surface area contributed by atoms with Crippen LogP contribution >= 0.6 is 0 Å². The SMILES string of the molecule is CC#CCCC(NCCC)c1cc(C)oc1C. The molecule has 0 aliphatic carbocycles. The molecular formula is C15H23NO. The second kappa shape index (κ2) is 7.19. The van der Waals surface area contributed by atoms with E-state index in [1.165, 1.54) is 5.56 Å². The van der Waals surface area contributed by atoms with Crippen LogP contribution in [0.4, 0.5) is 0 Å². The van der Waals surface area contributed by atoms with Gasteiger partial charge in [0.1, 0.15) is 11.5 Å². The summed E-state index contributed by atoms with van der Waals surface area (Å²) >= 11 is 0. The van der Waals surface area contributed by atoms with Crippen LogP contribution in [0.5, 0.6) is 0 Å². The van der Waals surface area contributed by atoms with Crippen LogP contribution in [0.2, 0.25) is 0 Å². The molecule has 0 spiro atoms. The van der Waals surface area contributed by atoms with Gasteiger partial charge in [-0.2, -0.15) is 0 Å². The molecule has 0 fully saturated rings. The lowest BCUT2D eigenvalue weighted by Crippen LogP contribution is -2.22. The van der Waals surface area contributed by atoms with E-state index in [-0.39, 0.29) is 0 Å². The molecule has 1 aromatic rings.